The molecular formula is C22H22ClFN2O5. The fourth-order valence-electron chi connectivity index (χ4n) is 2.35. The SMILES string of the molecule is COc1ccc(/C=C\C(=O)N[C@@H](C)C(=O)O[C@H](C)C(=O)Nc2ccc(F)c(Cl)c2)cc1. The molecule has 0 unspecified atom stereocenters. The second-order valence-corrected chi connectivity index (χ2v) is 6.94. The lowest BCUT2D eigenvalue weighted by Crippen LogP contribution is -2.41. The van der Waals surface area contributed by atoms with Crippen molar-refractivity contribution >= 4 is 41.1 Å². The number of ether oxygens (including phenoxy) is 2. The third kappa shape index (κ3) is 7.42. The molecule has 0 heterocycles. The van der Waals surface area contributed by atoms with E-state index < -0.39 is 35.7 Å². The molecule has 2 amide bonds. The molecule has 9 heteroatoms. The van der Waals surface area contributed by atoms with Crippen LogP contribution in [0.5, 0.6) is 5.75 Å². The summed E-state index contributed by atoms with van der Waals surface area (Å²) < 4.78 is 23.3. The summed E-state index contributed by atoms with van der Waals surface area (Å²) in [4.78, 5) is 36.3. The standard InChI is InChI=1S/C22H22ClFN2O5/c1-13(25-20(27)11-6-15-4-8-17(30-3)9-5-15)22(29)31-14(2)21(28)26-16-7-10-19(24)18(23)12-16/h4-14H,1-3H3,(H,25,27)(H,26,28)/b11-6-/t13-,14+/m0/s1. The second kappa shape index (κ2) is 11.1. The molecule has 0 bridgehead atoms. The highest BCUT2D eigenvalue weighted by atomic mass is 35.5. The lowest BCUT2D eigenvalue weighted by Gasteiger charge is -2.17. The van der Waals surface area contributed by atoms with E-state index >= 15 is 0 Å². The first-order valence-corrected chi connectivity index (χ1v) is 9.66. The number of hydrogen-bond acceptors (Lipinski definition) is 5. The average Bonchev–Trinajstić information content (AvgIpc) is 2.75. The summed E-state index contributed by atoms with van der Waals surface area (Å²) in [6.07, 6.45) is 1.71. The minimum atomic E-state index is -1.15. The van der Waals surface area contributed by atoms with Crippen molar-refractivity contribution in [2.24, 2.45) is 0 Å². The number of esters is 1. The molecule has 2 rings (SSSR count). The molecular weight excluding hydrogens is 427 g/mol. The smallest absolute Gasteiger partial charge is 0.329 e. The third-order valence-electron chi connectivity index (χ3n) is 4.10. The highest BCUT2D eigenvalue weighted by molar-refractivity contribution is 6.31. The van der Waals surface area contributed by atoms with E-state index in [1.807, 2.05) is 0 Å². The quantitative estimate of drug-likeness (QED) is 0.475. The van der Waals surface area contributed by atoms with Gasteiger partial charge in [0.15, 0.2) is 6.10 Å². The first-order valence-electron chi connectivity index (χ1n) is 9.28. The van der Waals surface area contributed by atoms with E-state index in [4.69, 9.17) is 21.1 Å². The Hall–Kier alpha value is -3.39. The van der Waals surface area contributed by atoms with Crippen LogP contribution in [0, 0.1) is 5.82 Å². The number of methoxy groups -OCH3 is 1. The minimum Gasteiger partial charge on any atom is -0.497 e. The molecule has 0 aromatic heterocycles. The number of nitrogens with one attached hydrogen (secondary N) is 2. The maximum absolute atomic E-state index is 13.2. The van der Waals surface area contributed by atoms with E-state index in [1.165, 1.54) is 32.1 Å². The van der Waals surface area contributed by atoms with Crippen molar-refractivity contribution in [3.63, 3.8) is 0 Å². The predicted octanol–water partition coefficient (Wildman–Crippen LogP) is 3.58. The zero-order valence-corrected chi connectivity index (χ0v) is 17.9. The molecule has 2 N–H and O–H groups in total. The van der Waals surface area contributed by atoms with Crippen molar-refractivity contribution in [2.45, 2.75) is 26.0 Å². The summed E-state index contributed by atoms with van der Waals surface area (Å²) in [5, 5.41) is 4.78. The average molecular weight is 449 g/mol. The molecule has 0 radical (unpaired) electrons. The van der Waals surface area contributed by atoms with Crippen molar-refractivity contribution in [1.29, 1.82) is 0 Å². The van der Waals surface area contributed by atoms with Crippen molar-refractivity contribution in [3.05, 3.63) is 64.9 Å². The summed E-state index contributed by atoms with van der Waals surface area (Å²) in [6, 6.07) is 9.74. The van der Waals surface area contributed by atoms with Gasteiger partial charge < -0.3 is 20.1 Å². The number of anilines is 1. The van der Waals surface area contributed by atoms with Gasteiger partial charge in [0.25, 0.3) is 5.91 Å². The molecule has 2 atom stereocenters. The zero-order valence-electron chi connectivity index (χ0n) is 17.1. The van der Waals surface area contributed by atoms with Gasteiger partial charge in [0.2, 0.25) is 5.91 Å². The topological polar surface area (TPSA) is 93.7 Å². The maximum atomic E-state index is 13.2. The van der Waals surface area contributed by atoms with Crippen molar-refractivity contribution in [1.82, 2.24) is 5.32 Å². The van der Waals surface area contributed by atoms with Gasteiger partial charge in [0, 0.05) is 11.8 Å². The van der Waals surface area contributed by atoms with E-state index in [2.05, 4.69) is 10.6 Å². The summed E-state index contributed by atoms with van der Waals surface area (Å²) in [5.74, 6) is -1.85. The van der Waals surface area contributed by atoms with Gasteiger partial charge in [0.1, 0.15) is 17.6 Å². The number of halogens is 2. The molecule has 0 saturated carbocycles. The first-order chi connectivity index (χ1) is 14.7. The highest BCUT2D eigenvalue weighted by Gasteiger charge is 2.23. The summed E-state index contributed by atoms with van der Waals surface area (Å²) in [6.45, 7) is 2.81. The molecule has 0 aliphatic heterocycles. The Morgan fingerprint density at radius 3 is 2.39 bits per heavy atom. The summed E-state index contributed by atoms with van der Waals surface area (Å²) in [7, 11) is 1.56. The Morgan fingerprint density at radius 2 is 1.77 bits per heavy atom. The molecule has 0 aliphatic rings. The number of carbonyl (C=O) groups is 3. The van der Waals surface area contributed by atoms with Crippen LogP contribution in [0.1, 0.15) is 19.4 Å². The molecule has 2 aromatic rings. The Balaban J connectivity index is 1.84. The molecule has 0 fully saturated rings. The van der Waals surface area contributed by atoms with Crippen LogP contribution in [0.25, 0.3) is 6.08 Å². The van der Waals surface area contributed by atoms with Gasteiger partial charge in [0.05, 0.1) is 12.1 Å². The van der Waals surface area contributed by atoms with Gasteiger partial charge in [-0.15, -0.1) is 0 Å². The van der Waals surface area contributed by atoms with Crippen LogP contribution < -0.4 is 15.4 Å². The molecule has 31 heavy (non-hydrogen) atoms. The van der Waals surface area contributed by atoms with Crippen LogP contribution in [0.4, 0.5) is 10.1 Å². The fourth-order valence-corrected chi connectivity index (χ4v) is 2.54. The van der Waals surface area contributed by atoms with Crippen molar-refractivity contribution < 1.29 is 28.2 Å². The van der Waals surface area contributed by atoms with Gasteiger partial charge in [-0.1, -0.05) is 23.7 Å². The molecule has 2 aromatic carbocycles. The zero-order chi connectivity index (χ0) is 23.0. The molecule has 0 aliphatic carbocycles. The molecule has 0 spiro atoms. The van der Waals surface area contributed by atoms with E-state index in [0.29, 0.717) is 5.75 Å². The predicted molar refractivity (Wildman–Crippen MR) is 115 cm³/mol. The summed E-state index contributed by atoms with van der Waals surface area (Å²) >= 11 is 5.67. The Kier molecular flexibility index (Phi) is 8.57. The highest BCUT2D eigenvalue weighted by Crippen LogP contribution is 2.19. The Bertz CT molecular complexity index is 978. The van der Waals surface area contributed by atoms with Crippen LogP contribution in [0.15, 0.2) is 48.5 Å². The first kappa shape index (κ1) is 23.9. The third-order valence-corrected chi connectivity index (χ3v) is 4.39. The fraction of sp³-hybridized carbons (Fsp3) is 0.227. The Labute approximate surface area is 184 Å². The largest absolute Gasteiger partial charge is 0.497 e. The number of hydrogen-bond donors (Lipinski definition) is 2. The molecule has 164 valence electrons. The van der Waals surface area contributed by atoms with E-state index in [0.717, 1.165) is 11.6 Å². The number of carbonyl (C=O) groups excluding carboxylic acids is 3. The van der Waals surface area contributed by atoms with Gasteiger partial charge in [-0.25, -0.2) is 9.18 Å². The van der Waals surface area contributed by atoms with Crippen LogP contribution in [0.3, 0.4) is 0 Å². The van der Waals surface area contributed by atoms with Crippen LogP contribution in [-0.2, 0) is 19.1 Å². The molecule has 0 saturated heterocycles. The maximum Gasteiger partial charge on any atom is 0.329 e. The van der Waals surface area contributed by atoms with E-state index in [9.17, 15) is 18.8 Å². The number of benzene rings is 2. The number of amides is 2. The van der Waals surface area contributed by atoms with Gasteiger partial charge in [-0.3, -0.25) is 9.59 Å². The number of rotatable bonds is 8. The van der Waals surface area contributed by atoms with Gasteiger partial charge in [-0.05, 0) is 55.8 Å². The summed E-state index contributed by atoms with van der Waals surface area (Å²) in [5.41, 5.74) is 1.03. The van der Waals surface area contributed by atoms with Gasteiger partial charge in [-0.2, -0.15) is 0 Å². The van der Waals surface area contributed by atoms with Crippen LogP contribution in [0.2, 0.25) is 5.02 Å². The van der Waals surface area contributed by atoms with Crippen LogP contribution >= 0.6 is 11.6 Å². The molecule has 7 nitrogen and oxygen atoms in total. The van der Waals surface area contributed by atoms with Crippen molar-refractivity contribution in [3.8, 4) is 5.75 Å². The lowest BCUT2D eigenvalue weighted by atomic mass is 10.2. The Morgan fingerprint density at radius 1 is 1.10 bits per heavy atom. The second-order valence-electron chi connectivity index (χ2n) is 6.53. The van der Waals surface area contributed by atoms with E-state index in [1.54, 1.807) is 37.5 Å². The monoisotopic (exact) mass is 448 g/mol. The normalized spacial score (nSPS) is 12.7. The van der Waals surface area contributed by atoms with Gasteiger partial charge >= 0.3 is 5.97 Å². The lowest BCUT2D eigenvalue weighted by molar-refractivity contribution is -0.155. The van der Waals surface area contributed by atoms with E-state index in [-0.39, 0.29) is 10.7 Å². The van der Waals surface area contributed by atoms with Crippen molar-refractivity contribution in [2.75, 3.05) is 12.4 Å². The minimum absolute atomic E-state index is 0.151. The van der Waals surface area contributed by atoms with Crippen LogP contribution in [-0.4, -0.2) is 37.0 Å².